The summed E-state index contributed by atoms with van der Waals surface area (Å²) < 4.78 is 0. The molecule has 1 aromatic heterocycles. The van der Waals surface area contributed by atoms with E-state index in [9.17, 15) is 4.79 Å². The highest BCUT2D eigenvalue weighted by Crippen LogP contribution is 2.29. The molecule has 1 saturated heterocycles. The van der Waals surface area contributed by atoms with Gasteiger partial charge in [0.2, 0.25) is 0 Å². The molecule has 3 nitrogen and oxygen atoms in total. The third kappa shape index (κ3) is 2.97. The molecule has 1 aromatic rings. The number of nitrogens with zero attached hydrogens (tertiary/aromatic N) is 1. The Morgan fingerprint density at radius 1 is 1.47 bits per heavy atom. The summed E-state index contributed by atoms with van der Waals surface area (Å²) >= 11 is 0. The number of likely N-dealkylation sites (tertiary alicyclic amines) is 1. The van der Waals surface area contributed by atoms with Gasteiger partial charge in [0, 0.05) is 24.3 Å². The van der Waals surface area contributed by atoms with Crippen molar-refractivity contribution >= 4 is 0 Å². The Morgan fingerprint density at radius 3 is 3.00 bits per heavy atom. The second-order valence-corrected chi connectivity index (χ2v) is 5.35. The summed E-state index contributed by atoms with van der Waals surface area (Å²) in [5.41, 5.74) is 1.01. The molecular formula is C14H22N2O. The van der Waals surface area contributed by atoms with Crippen LogP contribution in [0.5, 0.6) is 0 Å². The van der Waals surface area contributed by atoms with E-state index in [1.54, 1.807) is 6.20 Å². The van der Waals surface area contributed by atoms with Crippen LogP contribution in [0.3, 0.4) is 0 Å². The van der Waals surface area contributed by atoms with Gasteiger partial charge in [0.05, 0.1) is 0 Å². The van der Waals surface area contributed by atoms with E-state index in [4.69, 9.17) is 0 Å². The number of aromatic amines is 1. The molecule has 3 heteroatoms. The summed E-state index contributed by atoms with van der Waals surface area (Å²) in [6.45, 7) is 6.68. The van der Waals surface area contributed by atoms with E-state index < -0.39 is 0 Å². The predicted molar refractivity (Wildman–Crippen MR) is 70.1 cm³/mol. The zero-order valence-electron chi connectivity index (χ0n) is 10.8. The van der Waals surface area contributed by atoms with Crippen LogP contribution < -0.4 is 5.56 Å². The van der Waals surface area contributed by atoms with E-state index in [1.165, 1.54) is 12.8 Å². The van der Waals surface area contributed by atoms with Gasteiger partial charge >= 0.3 is 0 Å². The summed E-state index contributed by atoms with van der Waals surface area (Å²) in [6.07, 6.45) is 5.31. The Balaban J connectivity index is 2.22. The molecule has 1 fully saturated rings. The van der Waals surface area contributed by atoms with Gasteiger partial charge in [0.15, 0.2) is 0 Å². The quantitative estimate of drug-likeness (QED) is 0.872. The molecule has 0 bridgehead atoms. The molecule has 1 unspecified atom stereocenters. The lowest BCUT2D eigenvalue weighted by atomic mass is 9.95. The molecule has 0 aromatic carbocycles. The van der Waals surface area contributed by atoms with Crippen molar-refractivity contribution in [1.82, 2.24) is 9.88 Å². The molecule has 0 aliphatic carbocycles. The standard InChI is InChI=1S/C14H22N2O/c1-11(2)10-16-9-4-3-7-13(16)12-6-5-8-15-14(12)17/h5-6,8,11,13H,3-4,7,9-10H2,1-2H3,(H,15,17). The number of rotatable bonds is 3. The molecule has 0 saturated carbocycles. The second-order valence-electron chi connectivity index (χ2n) is 5.35. The molecule has 0 radical (unpaired) electrons. The molecule has 1 aliphatic rings. The maximum atomic E-state index is 11.9. The zero-order valence-corrected chi connectivity index (χ0v) is 10.8. The van der Waals surface area contributed by atoms with E-state index in [-0.39, 0.29) is 5.56 Å². The van der Waals surface area contributed by atoms with Gasteiger partial charge in [0.25, 0.3) is 5.56 Å². The molecule has 1 N–H and O–H groups in total. The van der Waals surface area contributed by atoms with Crippen LogP contribution in [0.2, 0.25) is 0 Å². The molecule has 2 heterocycles. The third-order valence-electron chi connectivity index (χ3n) is 3.42. The van der Waals surface area contributed by atoms with Crippen molar-refractivity contribution in [1.29, 1.82) is 0 Å². The Bertz CT molecular complexity index is 411. The van der Waals surface area contributed by atoms with Gasteiger partial charge in [-0.15, -0.1) is 0 Å². The fourth-order valence-electron chi connectivity index (χ4n) is 2.73. The minimum Gasteiger partial charge on any atom is -0.329 e. The summed E-state index contributed by atoms with van der Waals surface area (Å²) in [5, 5.41) is 0. The van der Waals surface area contributed by atoms with E-state index in [1.807, 2.05) is 12.1 Å². The molecule has 17 heavy (non-hydrogen) atoms. The van der Waals surface area contributed by atoms with Gasteiger partial charge in [-0.1, -0.05) is 26.3 Å². The van der Waals surface area contributed by atoms with Crippen molar-refractivity contribution in [2.24, 2.45) is 5.92 Å². The number of nitrogens with one attached hydrogen (secondary N) is 1. The van der Waals surface area contributed by atoms with Crippen molar-refractivity contribution in [2.75, 3.05) is 13.1 Å². The molecule has 2 rings (SSSR count). The van der Waals surface area contributed by atoms with Crippen LogP contribution in [-0.2, 0) is 0 Å². The molecule has 1 aliphatic heterocycles. The van der Waals surface area contributed by atoms with E-state index >= 15 is 0 Å². The Labute approximate surface area is 103 Å². The topological polar surface area (TPSA) is 36.1 Å². The van der Waals surface area contributed by atoms with Crippen LogP contribution in [0.25, 0.3) is 0 Å². The van der Waals surface area contributed by atoms with Gasteiger partial charge in [-0.3, -0.25) is 9.69 Å². The minimum absolute atomic E-state index is 0.0770. The lowest BCUT2D eigenvalue weighted by Crippen LogP contribution is -2.38. The highest BCUT2D eigenvalue weighted by Gasteiger charge is 2.25. The first-order chi connectivity index (χ1) is 8.18. The maximum absolute atomic E-state index is 11.9. The van der Waals surface area contributed by atoms with E-state index in [0.29, 0.717) is 12.0 Å². The first-order valence-corrected chi connectivity index (χ1v) is 6.60. The largest absolute Gasteiger partial charge is 0.329 e. The van der Waals surface area contributed by atoms with Crippen molar-refractivity contribution in [3.63, 3.8) is 0 Å². The lowest BCUT2D eigenvalue weighted by Gasteiger charge is -2.36. The van der Waals surface area contributed by atoms with Crippen LogP contribution in [-0.4, -0.2) is 23.0 Å². The average Bonchev–Trinajstić information content (AvgIpc) is 2.30. The zero-order chi connectivity index (χ0) is 12.3. The first-order valence-electron chi connectivity index (χ1n) is 6.60. The van der Waals surface area contributed by atoms with Gasteiger partial charge in [-0.25, -0.2) is 0 Å². The van der Waals surface area contributed by atoms with Crippen LogP contribution >= 0.6 is 0 Å². The Hall–Kier alpha value is -1.09. The van der Waals surface area contributed by atoms with Crippen molar-refractivity contribution < 1.29 is 0 Å². The maximum Gasteiger partial charge on any atom is 0.252 e. The number of hydrogen-bond donors (Lipinski definition) is 1. The number of aromatic nitrogens is 1. The van der Waals surface area contributed by atoms with Gasteiger partial charge in [-0.2, -0.15) is 0 Å². The summed E-state index contributed by atoms with van der Waals surface area (Å²) in [6, 6.07) is 4.22. The van der Waals surface area contributed by atoms with Crippen molar-refractivity contribution in [2.45, 2.75) is 39.2 Å². The number of piperidine rings is 1. The summed E-state index contributed by atoms with van der Waals surface area (Å²) in [4.78, 5) is 17.1. The number of pyridine rings is 1. The van der Waals surface area contributed by atoms with Crippen LogP contribution in [0.15, 0.2) is 23.1 Å². The van der Waals surface area contributed by atoms with Crippen molar-refractivity contribution in [3.05, 3.63) is 34.2 Å². The molecule has 1 atom stereocenters. The van der Waals surface area contributed by atoms with Gasteiger partial charge in [0.1, 0.15) is 0 Å². The smallest absolute Gasteiger partial charge is 0.252 e. The third-order valence-corrected chi connectivity index (χ3v) is 3.42. The SMILES string of the molecule is CC(C)CN1CCCCC1c1ccc[nH]c1=O. The second kappa shape index (κ2) is 5.50. The monoisotopic (exact) mass is 234 g/mol. The highest BCUT2D eigenvalue weighted by molar-refractivity contribution is 5.15. The molecule has 94 valence electrons. The Kier molecular flexibility index (Phi) is 4.00. The fourth-order valence-corrected chi connectivity index (χ4v) is 2.73. The van der Waals surface area contributed by atoms with Gasteiger partial charge in [-0.05, 0) is 31.4 Å². The Morgan fingerprint density at radius 2 is 2.29 bits per heavy atom. The van der Waals surface area contributed by atoms with E-state index in [0.717, 1.165) is 25.1 Å². The summed E-state index contributed by atoms with van der Waals surface area (Å²) in [7, 11) is 0. The molecular weight excluding hydrogens is 212 g/mol. The summed E-state index contributed by atoms with van der Waals surface area (Å²) in [5.74, 6) is 0.651. The first kappa shape index (κ1) is 12.4. The van der Waals surface area contributed by atoms with Gasteiger partial charge < -0.3 is 4.98 Å². The minimum atomic E-state index is 0.0770. The number of H-pyrrole nitrogens is 1. The van der Waals surface area contributed by atoms with E-state index in [2.05, 4.69) is 23.7 Å². The molecule has 0 spiro atoms. The van der Waals surface area contributed by atoms with Crippen LogP contribution in [0, 0.1) is 5.92 Å². The average molecular weight is 234 g/mol. The normalized spacial score (nSPS) is 21.9. The molecule has 0 amide bonds. The lowest BCUT2D eigenvalue weighted by molar-refractivity contribution is 0.131. The number of hydrogen-bond acceptors (Lipinski definition) is 2. The van der Waals surface area contributed by atoms with Crippen molar-refractivity contribution in [3.8, 4) is 0 Å². The fraction of sp³-hybridized carbons (Fsp3) is 0.643. The van der Waals surface area contributed by atoms with Crippen LogP contribution in [0.4, 0.5) is 0 Å². The van der Waals surface area contributed by atoms with Crippen LogP contribution in [0.1, 0.15) is 44.7 Å². The predicted octanol–water partition coefficient (Wildman–Crippen LogP) is 2.56. The highest BCUT2D eigenvalue weighted by atomic mass is 16.1.